The summed E-state index contributed by atoms with van der Waals surface area (Å²) < 4.78 is 6.10. The van der Waals surface area contributed by atoms with Crippen molar-refractivity contribution in [2.24, 2.45) is 0 Å². The summed E-state index contributed by atoms with van der Waals surface area (Å²) in [7, 11) is 0. The Hall–Kier alpha value is -5.87. The number of hydrogen-bond donors (Lipinski definition) is 0. The molecule has 0 fully saturated rings. The van der Waals surface area contributed by atoms with E-state index in [1.165, 1.54) is 21.5 Å². The number of hydrogen-bond acceptors (Lipinski definition) is 4. The first-order chi connectivity index (χ1) is 21.3. The standard InChI is InChI=1S/C39H23N3O/c1-2-10-26-22-27(17-16-24(26)8-1)37-40-38(28-19-21-36-34(23-28)32-12-5-6-15-35(32)43-36)42-39(41-37)33-14-7-13-30-29-11-4-3-9-25(29)18-20-31(30)33/h1-23H. The SMILES string of the molecule is c1ccc2cc(-c3nc(-c4ccc5oc6ccccc6c5c4)nc(-c4cccc5c4ccc4ccccc45)n3)ccc2c1. The van der Waals surface area contributed by atoms with Crippen LogP contribution in [-0.2, 0) is 0 Å². The second kappa shape index (κ2) is 9.33. The Morgan fingerprint density at radius 2 is 0.977 bits per heavy atom. The Morgan fingerprint density at radius 1 is 0.349 bits per heavy atom. The van der Waals surface area contributed by atoms with Gasteiger partial charge in [0.05, 0.1) is 0 Å². The lowest BCUT2D eigenvalue weighted by molar-refractivity contribution is 0.669. The van der Waals surface area contributed by atoms with E-state index in [1.54, 1.807) is 0 Å². The Balaban J connectivity index is 1.30. The quantitative estimate of drug-likeness (QED) is 0.206. The lowest BCUT2D eigenvalue weighted by Gasteiger charge is -2.12. The fourth-order valence-corrected chi connectivity index (χ4v) is 6.18. The zero-order valence-electron chi connectivity index (χ0n) is 23.0. The van der Waals surface area contributed by atoms with Crippen molar-refractivity contribution < 1.29 is 4.42 Å². The van der Waals surface area contributed by atoms with Crippen LogP contribution in [0.3, 0.4) is 0 Å². The maximum Gasteiger partial charge on any atom is 0.164 e. The van der Waals surface area contributed by atoms with Gasteiger partial charge in [-0.05, 0) is 62.6 Å². The number of benzene rings is 7. The summed E-state index contributed by atoms with van der Waals surface area (Å²) in [4.78, 5) is 15.3. The van der Waals surface area contributed by atoms with Gasteiger partial charge in [0.15, 0.2) is 17.5 Å². The molecule has 200 valence electrons. The lowest BCUT2D eigenvalue weighted by Crippen LogP contribution is -2.00. The van der Waals surface area contributed by atoms with Gasteiger partial charge in [-0.15, -0.1) is 0 Å². The third-order valence-corrected chi connectivity index (χ3v) is 8.31. The number of aromatic nitrogens is 3. The third kappa shape index (κ3) is 3.88. The topological polar surface area (TPSA) is 51.8 Å². The minimum Gasteiger partial charge on any atom is -0.456 e. The van der Waals surface area contributed by atoms with Crippen LogP contribution in [-0.4, -0.2) is 15.0 Å². The first-order valence-corrected chi connectivity index (χ1v) is 14.4. The van der Waals surface area contributed by atoms with Gasteiger partial charge in [-0.3, -0.25) is 0 Å². The predicted octanol–water partition coefficient (Wildman–Crippen LogP) is 10.2. The molecule has 9 aromatic rings. The molecule has 0 aliphatic carbocycles. The largest absolute Gasteiger partial charge is 0.456 e. The van der Waals surface area contributed by atoms with Gasteiger partial charge in [0, 0.05) is 27.5 Å². The molecule has 7 aromatic carbocycles. The van der Waals surface area contributed by atoms with Crippen molar-refractivity contribution in [3.63, 3.8) is 0 Å². The molecule has 4 nitrogen and oxygen atoms in total. The Morgan fingerprint density at radius 3 is 1.86 bits per heavy atom. The summed E-state index contributed by atoms with van der Waals surface area (Å²) in [5, 5.41) is 9.15. The maximum absolute atomic E-state index is 6.10. The molecule has 0 aliphatic heterocycles. The molecule has 0 unspecified atom stereocenters. The zero-order chi connectivity index (χ0) is 28.3. The zero-order valence-corrected chi connectivity index (χ0v) is 23.0. The molecule has 0 saturated heterocycles. The number of fused-ring (bicyclic) bond motifs is 7. The molecule has 0 saturated carbocycles. The van der Waals surface area contributed by atoms with Gasteiger partial charge in [-0.25, -0.2) is 15.0 Å². The van der Waals surface area contributed by atoms with Crippen LogP contribution >= 0.6 is 0 Å². The average Bonchev–Trinajstić information content (AvgIpc) is 3.45. The van der Waals surface area contributed by atoms with E-state index in [0.29, 0.717) is 17.5 Å². The van der Waals surface area contributed by atoms with Gasteiger partial charge in [-0.2, -0.15) is 0 Å². The molecule has 0 N–H and O–H groups in total. The summed E-state index contributed by atoms with van der Waals surface area (Å²) in [6.07, 6.45) is 0. The highest BCUT2D eigenvalue weighted by molar-refractivity contribution is 6.11. The second-order valence-corrected chi connectivity index (χ2v) is 10.9. The molecule has 0 amide bonds. The summed E-state index contributed by atoms with van der Waals surface area (Å²) in [6, 6.07) is 48.2. The highest BCUT2D eigenvalue weighted by atomic mass is 16.3. The van der Waals surface area contributed by atoms with Crippen LogP contribution in [0, 0.1) is 0 Å². The van der Waals surface area contributed by atoms with Crippen molar-refractivity contribution in [1.82, 2.24) is 15.0 Å². The van der Waals surface area contributed by atoms with E-state index in [0.717, 1.165) is 49.4 Å². The van der Waals surface area contributed by atoms with Crippen molar-refractivity contribution >= 4 is 54.3 Å². The molecule has 4 heteroatoms. The van der Waals surface area contributed by atoms with E-state index in [1.807, 2.05) is 30.3 Å². The first-order valence-electron chi connectivity index (χ1n) is 14.4. The van der Waals surface area contributed by atoms with Gasteiger partial charge in [0.2, 0.25) is 0 Å². The van der Waals surface area contributed by atoms with E-state index in [9.17, 15) is 0 Å². The predicted molar refractivity (Wildman–Crippen MR) is 176 cm³/mol. The van der Waals surface area contributed by atoms with Gasteiger partial charge in [-0.1, -0.05) is 109 Å². The molecule has 0 spiro atoms. The molecule has 43 heavy (non-hydrogen) atoms. The van der Waals surface area contributed by atoms with Crippen molar-refractivity contribution in [1.29, 1.82) is 0 Å². The maximum atomic E-state index is 6.10. The lowest BCUT2D eigenvalue weighted by atomic mass is 9.98. The molecular weight excluding hydrogens is 526 g/mol. The third-order valence-electron chi connectivity index (χ3n) is 8.31. The summed E-state index contributed by atoms with van der Waals surface area (Å²) >= 11 is 0. The van der Waals surface area contributed by atoms with Crippen LogP contribution in [0.15, 0.2) is 144 Å². The highest BCUT2D eigenvalue weighted by Gasteiger charge is 2.16. The average molecular weight is 550 g/mol. The number of rotatable bonds is 3. The minimum absolute atomic E-state index is 0.623. The van der Waals surface area contributed by atoms with E-state index in [4.69, 9.17) is 19.4 Å². The monoisotopic (exact) mass is 549 g/mol. The molecule has 2 aromatic heterocycles. The van der Waals surface area contributed by atoms with Crippen molar-refractivity contribution in [2.45, 2.75) is 0 Å². The van der Waals surface area contributed by atoms with Gasteiger partial charge in [0.1, 0.15) is 11.2 Å². The molecule has 0 radical (unpaired) electrons. The number of nitrogens with zero attached hydrogens (tertiary/aromatic N) is 3. The summed E-state index contributed by atoms with van der Waals surface area (Å²) in [5.41, 5.74) is 4.55. The molecule has 0 atom stereocenters. The molecule has 9 rings (SSSR count). The van der Waals surface area contributed by atoms with E-state index < -0.39 is 0 Å². The minimum atomic E-state index is 0.623. The van der Waals surface area contributed by atoms with Crippen LogP contribution < -0.4 is 0 Å². The van der Waals surface area contributed by atoms with Crippen molar-refractivity contribution in [2.75, 3.05) is 0 Å². The first kappa shape index (κ1) is 23.8. The molecular formula is C39H23N3O. The van der Waals surface area contributed by atoms with E-state index in [2.05, 4.69) is 109 Å². The van der Waals surface area contributed by atoms with E-state index >= 15 is 0 Å². The highest BCUT2D eigenvalue weighted by Crippen LogP contribution is 2.35. The number of para-hydroxylation sites is 1. The Labute approximate surface area is 246 Å². The van der Waals surface area contributed by atoms with Gasteiger partial charge < -0.3 is 4.42 Å². The fraction of sp³-hybridized carbons (Fsp3) is 0. The van der Waals surface area contributed by atoms with Crippen molar-refractivity contribution in [3.05, 3.63) is 140 Å². The van der Waals surface area contributed by atoms with Crippen molar-refractivity contribution in [3.8, 4) is 34.2 Å². The molecule has 0 aliphatic rings. The van der Waals surface area contributed by atoms with Crippen LogP contribution in [0.4, 0.5) is 0 Å². The number of furan rings is 1. The fourth-order valence-electron chi connectivity index (χ4n) is 6.18. The normalized spacial score (nSPS) is 11.7. The smallest absolute Gasteiger partial charge is 0.164 e. The van der Waals surface area contributed by atoms with Gasteiger partial charge in [0.25, 0.3) is 0 Å². The van der Waals surface area contributed by atoms with Crippen LogP contribution in [0.25, 0.3) is 88.4 Å². The molecule has 0 bridgehead atoms. The Bertz CT molecular complexity index is 2530. The van der Waals surface area contributed by atoms with Crippen LogP contribution in [0.2, 0.25) is 0 Å². The van der Waals surface area contributed by atoms with Crippen LogP contribution in [0.5, 0.6) is 0 Å². The Kier molecular flexibility index (Phi) is 5.16. The molecule has 2 heterocycles. The van der Waals surface area contributed by atoms with Crippen LogP contribution in [0.1, 0.15) is 0 Å². The summed E-state index contributed by atoms with van der Waals surface area (Å²) in [6.45, 7) is 0. The summed E-state index contributed by atoms with van der Waals surface area (Å²) in [5.74, 6) is 1.91. The van der Waals surface area contributed by atoms with E-state index in [-0.39, 0.29) is 0 Å². The second-order valence-electron chi connectivity index (χ2n) is 10.9. The van der Waals surface area contributed by atoms with Gasteiger partial charge >= 0.3 is 0 Å².